The number of hydrazone groups is 1. The molecule has 5 nitrogen and oxygen atoms in total. The van der Waals surface area contributed by atoms with Crippen LogP contribution in [0.15, 0.2) is 77.9 Å². The van der Waals surface area contributed by atoms with E-state index in [1.807, 2.05) is 36.4 Å². The van der Waals surface area contributed by atoms with Crippen LogP contribution in [0.5, 0.6) is 5.75 Å². The highest BCUT2D eigenvalue weighted by molar-refractivity contribution is 6.30. The number of carbonyl (C=O) groups excluding carboxylic acids is 1. The van der Waals surface area contributed by atoms with Gasteiger partial charge in [-0.05, 0) is 73.5 Å². The molecule has 0 radical (unpaired) electrons. The third-order valence-corrected chi connectivity index (χ3v) is 5.09. The Morgan fingerprint density at radius 1 is 0.968 bits per heavy atom. The maximum Gasteiger partial charge on any atom is 0.271 e. The summed E-state index contributed by atoms with van der Waals surface area (Å²) in [7, 11) is 0. The molecule has 3 aromatic rings. The first kappa shape index (κ1) is 22.4. The van der Waals surface area contributed by atoms with Gasteiger partial charge in [-0.2, -0.15) is 5.10 Å². The Labute approximate surface area is 188 Å². The smallest absolute Gasteiger partial charge is 0.271 e. The van der Waals surface area contributed by atoms with Crippen LogP contribution in [-0.2, 0) is 6.61 Å². The quantitative estimate of drug-likeness (QED) is 0.355. The Kier molecular flexibility index (Phi) is 8.07. The van der Waals surface area contributed by atoms with Crippen LogP contribution in [0.4, 0.5) is 5.69 Å². The molecule has 1 amide bonds. The molecule has 0 atom stereocenters. The van der Waals surface area contributed by atoms with Crippen molar-refractivity contribution in [3.63, 3.8) is 0 Å². The van der Waals surface area contributed by atoms with Gasteiger partial charge >= 0.3 is 0 Å². The average Bonchev–Trinajstić information content (AvgIpc) is 2.81. The molecule has 3 aromatic carbocycles. The minimum absolute atomic E-state index is 0.278. The molecule has 0 heterocycles. The summed E-state index contributed by atoms with van der Waals surface area (Å²) in [6.45, 7) is 6.62. The van der Waals surface area contributed by atoms with Crippen LogP contribution in [0.2, 0.25) is 5.02 Å². The summed E-state index contributed by atoms with van der Waals surface area (Å²) >= 11 is 5.89. The predicted octanol–water partition coefficient (Wildman–Crippen LogP) is 5.53. The molecular weight excluding hydrogens is 410 g/mol. The Morgan fingerprint density at radius 2 is 1.61 bits per heavy atom. The number of halogens is 1. The van der Waals surface area contributed by atoms with Crippen LogP contribution < -0.4 is 15.1 Å². The van der Waals surface area contributed by atoms with Gasteiger partial charge in [0.05, 0.1) is 6.21 Å². The Balaban J connectivity index is 1.50. The number of rotatable bonds is 9. The number of nitrogens with one attached hydrogen (secondary N) is 1. The molecule has 0 bridgehead atoms. The van der Waals surface area contributed by atoms with E-state index in [-0.39, 0.29) is 5.91 Å². The molecule has 31 heavy (non-hydrogen) atoms. The maximum atomic E-state index is 12.3. The van der Waals surface area contributed by atoms with E-state index in [2.05, 4.69) is 41.4 Å². The molecule has 160 valence electrons. The summed E-state index contributed by atoms with van der Waals surface area (Å²) in [4.78, 5) is 14.6. The van der Waals surface area contributed by atoms with Gasteiger partial charge in [0.1, 0.15) is 12.4 Å². The van der Waals surface area contributed by atoms with Crippen LogP contribution in [0, 0.1) is 0 Å². The Hall–Kier alpha value is -3.31. The number of ether oxygens (including phenoxy) is 1. The number of amides is 1. The molecule has 0 spiro atoms. The largest absolute Gasteiger partial charge is 0.489 e. The molecular formula is C25H26ClN3O2. The second kappa shape index (κ2) is 11.2. The van der Waals surface area contributed by atoms with E-state index in [0.29, 0.717) is 22.9 Å². The first-order chi connectivity index (χ1) is 15.1. The molecule has 1 N–H and O–H groups in total. The van der Waals surface area contributed by atoms with Gasteiger partial charge in [-0.15, -0.1) is 0 Å². The molecule has 0 fully saturated rings. The summed E-state index contributed by atoms with van der Waals surface area (Å²) in [5.41, 5.74) is 6.17. The van der Waals surface area contributed by atoms with E-state index in [0.717, 1.165) is 24.2 Å². The first-order valence-electron chi connectivity index (χ1n) is 10.2. The Bertz CT molecular complexity index is 996. The highest BCUT2D eigenvalue weighted by atomic mass is 35.5. The van der Waals surface area contributed by atoms with Crippen LogP contribution in [0.1, 0.15) is 35.3 Å². The van der Waals surface area contributed by atoms with Crippen molar-refractivity contribution in [3.8, 4) is 5.75 Å². The monoisotopic (exact) mass is 435 g/mol. The molecule has 0 aliphatic rings. The zero-order chi connectivity index (χ0) is 22.1. The normalized spacial score (nSPS) is 10.8. The van der Waals surface area contributed by atoms with E-state index in [1.54, 1.807) is 30.5 Å². The van der Waals surface area contributed by atoms with Crippen molar-refractivity contribution in [2.24, 2.45) is 5.10 Å². The van der Waals surface area contributed by atoms with Crippen LogP contribution in [0.3, 0.4) is 0 Å². The van der Waals surface area contributed by atoms with Crippen molar-refractivity contribution < 1.29 is 9.53 Å². The van der Waals surface area contributed by atoms with Gasteiger partial charge in [0.2, 0.25) is 0 Å². The number of benzene rings is 3. The lowest BCUT2D eigenvalue weighted by atomic mass is 10.2. The van der Waals surface area contributed by atoms with E-state index in [4.69, 9.17) is 16.3 Å². The highest BCUT2D eigenvalue weighted by Gasteiger charge is 2.05. The van der Waals surface area contributed by atoms with E-state index >= 15 is 0 Å². The predicted molar refractivity (Wildman–Crippen MR) is 127 cm³/mol. The third kappa shape index (κ3) is 6.59. The molecule has 0 aromatic heterocycles. The van der Waals surface area contributed by atoms with Crippen molar-refractivity contribution in [2.75, 3.05) is 18.0 Å². The summed E-state index contributed by atoms with van der Waals surface area (Å²) in [5, 5.41) is 4.75. The third-order valence-electron chi connectivity index (χ3n) is 4.84. The topological polar surface area (TPSA) is 53.9 Å². The lowest BCUT2D eigenvalue weighted by Crippen LogP contribution is -2.21. The fourth-order valence-corrected chi connectivity index (χ4v) is 3.17. The van der Waals surface area contributed by atoms with E-state index in [1.165, 1.54) is 5.69 Å². The second-order valence-corrected chi connectivity index (χ2v) is 7.34. The molecule has 0 unspecified atom stereocenters. The van der Waals surface area contributed by atoms with Gasteiger partial charge in [0.25, 0.3) is 5.91 Å². The average molecular weight is 436 g/mol. The second-order valence-electron chi connectivity index (χ2n) is 6.90. The van der Waals surface area contributed by atoms with Crippen molar-refractivity contribution >= 4 is 29.4 Å². The number of hydrogen-bond acceptors (Lipinski definition) is 4. The summed E-state index contributed by atoms with van der Waals surface area (Å²) in [6.07, 6.45) is 1.63. The van der Waals surface area contributed by atoms with Crippen LogP contribution >= 0.6 is 11.6 Å². The molecule has 6 heteroatoms. The van der Waals surface area contributed by atoms with E-state index < -0.39 is 0 Å². The SMILES string of the molecule is CCN(CC)c1ccc(C=NNC(=O)c2ccc(OCc3ccc(Cl)cc3)cc2)cc1. The van der Waals surface area contributed by atoms with Crippen molar-refractivity contribution in [3.05, 3.63) is 94.5 Å². The Morgan fingerprint density at radius 3 is 2.23 bits per heavy atom. The lowest BCUT2D eigenvalue weighted by Gasteiger charge is -2.20. The molecule has 0 aliphatic heterocycles. The fraction of sp³-hybridized carbons (Fsp3) is 0.200. The molecule has 0 aliphatic carbocycles. The maximum absolute atomic E-state index is 12.3. The number of nitrogens with zero attached hydrogens (tertiary/aromatic N) is 2. The lowest BCUT2D eigenvalue weighted by molar-refractivity contribution is 0.0955. The van der Waals surface area contributed by atoms with E-state index in [9.17, 15) is 4.79 Å². The van der Waals surface area contributed by atoms with Crippen molar-refractivity contribution in [1.29, 1.82) is 0 Å². The summed E-state index contributed by atoms with van der Waals surface area (Å²) < 4.78 is 5.74. The van der Waals surface area contributed by atoms with Gasteiger partial charge in [-0.1, -0.05) is 35.9 Å². The van der Waals surface area contributed by atoms with Gasteiger partial charge < -0.3 is 9.64 Å². The summed E-state index contributed by atoms with van der Waals surface area (Å²) in [5.74, 6) is 0.406. The zero-order valence-corrected chi connectivity index (χ0v) is 18.5. The minimum atomic E-state index is -0.278. The zero-order valence-electron chi connectivity index (χ0n) is 17.7. The van der Waals surface area contributed by atoms with Gasteiger partial charge in [-0.3, -0.25) is 4.79 Å². The van der Waals surface area contributed by atoms with Gasteiger partial charge in [0, 0.05) is 29.4 Å². The molecule has 0 saturated heterocycles. The fourth-order valence-electron chi connectivity index (χ4n) is 3.04. The number of anilines is 1. The van der Waals surface area contributed by atoms with Gasteiger partial charge in [-0.25, -0.2) is 5.43 Å². The van der Waals surface area contributed by atoms with Crippen molar-refractivity contribution in [1.82, 2.24) is 5.43 Å². The highest BCUT2D eigenvalue weighted by Crippen LogP contribution is 2.16. The van der Waals surface area contributed by atoms with Gasteiger partial charge in [0.15, 0.2) is 0 Å². The molecule has 3 rings (SSSR count). The summed E-state index contributed by atoms with van der Waals surface area (Å²) in [6, 6.07) is 22.5. The van der Waals surface area contributed by atoms with Crippen molar-refractivity contribution in [2.45, 2.75) is 20.5 Å². The van der Waals surface area contributed by atoms with Crippen LogP contribution in [0.25, 0.3) is 0 Å². The first-order valence-corrected chi connectivity index (χ1v) is 10.6. The minimum Gasteiger partial charge on any atom is -0.489 e. The standard InChI is InChI=1S/C25H26ClN3O2/c1-3-29(4-2)23-13-7-19(8-14-23)17-27-28-25(30)21-9-15-24(16-10-21)31-18-20-5-11-22(26)12-6-20/h5-17H,3-4,18H2,1-2H3,(H,28,30). The molecule has 0 saturated carbocycles. The van der Waals surface area contributed by atoms with Crippen LogP contribution in [-0.4, -0.2) is 25.2 Å². The number of carbonyl (C=O) groups is 1. The number of hydrogen-bond donors (Lipinski definition) is 1.